The lowest BCUT2D eigenvalue weighted by Gasteiger charge is -2.06. The summed E-state index contributed by atoms with van der Waals surface area (Å²) >= 11 is 0. The van der Waals surface area contributed by atoms with Crippen molar-refractivity contribution < 1.29 is 14.3 Å². The fourth-order valence-corrected chi connectivity index (χ4v) is 2.82. The number of hydrogen-bond donors (Lipinski definition) is 1. The van der Waals surface area contributed by atoms with Gasteiger partial charge in [-0.05, 0) is 30.3 Å². The van der Waals surface area contributed by atoms with Gasteiger partial charge >= 0.3 is 0 Å². The maximum atomic E-state index is 12.1. The van der Waals surface area contributed by atoms with Gasteiger partial charge in [0.25, 0.3) is 5.91 Å². The molecule has 1 aliphatic heterocycles. The first-order chi connectivity index (χ1) is 13.2. The standard InChI is InChI=1S/C22H16N2O3/c25-20(15-6-2-1-3-7-15)14-27-17-12-10-16(11-13-17)23-21-18-8-4-5-9-19(18)24-22(21)26/h1-13H,14H2,(H,23,24,26). The highest BCUT2D eigenvalue weighted by Crippen LogP contribution is 2.26. The Morgan fingerprint density at radius 2 is 1.59 bits per heavy atom. The quantitative estimate of drug-likeness (QED) is 0.702. The van der Waals surface area contributed by atoms with Crippen molar-refractivity contribution >= 4 is 28.8 Å². The van der Waals surface area contributed by atoms with E-state index in [0.29, 0.717) is 22.7 Å². The van der Waals surface area contributed by atoms with Crippen LogP contribution in [0.25, 0.3) is 0 Å². The fourth-order valence-electron chi connectivity index (χ4n) is 2.82. The minimum absolute atomic E-state index is 0.0341. The van der Waals surface area contributed by atoms with E-state index in [1.54, 1.807) is 36.4 Å². The Balaban J connectivity index is 1.45. The van der Waals surface area contributed by atoms with Crippen molar-refractivity contribution in [2.75, 3.05) is 11.9 Å². The second-order valence-corrected chi connectivity index (χ2v) is 6.03. The maximum absolute atomic E-state index is 12.1. The van der Waals surface area contributed by atoms with Crippen LogP contribution in [-0.4, -0.2) is 24.0 Å². The van der Waals surface area contributed by atoms with Crippen molar-refractivity contribution in [3.05, 3.63) is 90.0 Å². The van der Waals surface area contributed by atoms with Crippen LogP contribution in [-0.2, 0) is 4.79 Å². The van der Waals surface area contributed by atoms with Crippen LogP contribution in [0, 0.1) is 0 Å². The van der Waals surface area contributed by atoms with Crippen LogP contribution in [0.5, 0.6) is 5.75 Å². The van der Waals surface area contributed by atoms with Crippen molar-refractivity contribution in [3.63, 3.8) is 0 Å². The van der Waals surface area contributed by atoms with E-state index in [1.165, 1.54) is 0 Å². The topological polar surface area (TPSA) is 67.8 Å². The number of fused-ring (bicyclic) bond motifs is 1. The van der Waals surface area contributed by atoms with Gasteiger partial charge in [-0.15, -0.1) is 0 Å². The Morgan fingerprint density at radius 1 is 0.889 bits per heavy atom. The third kappa shape index (κ3) is 3.62. The lowest BCUT2D eigenvalue weighted by atomic mass is 10.1. The van der Waals surface area contributed by atoms with Crippen molar-refractivity contribution in [1.82, 2.24) is 0 Å². The second-order valence-electron chi connectivity index (χ2n) is 6.03. The number of nitrogens with zero attached hydrogens (tertiary/aromatic N) is 1. The minimum Gasteiger partial charge on any atom is -0.485 e. The molecule has 1 N–H and O–H groups in total. The molecule has 0 aromatic heterocycles. The van der Waals surface area contributed by atoms with Gasteiger partial charge in [-0.2, -0.15) is 0 Å². The Labute approximate surface area is 156 Å². The van der Waals surface area contributed by atoms with Crippen molar-refractivity contribution in [3.8, 4) is 5.75 Å². The summed E-state index contributed by atoms with van der Waals surface area (Å²) in [6.45, 7) is -0.0341. The molecule has 0 fully saturated rings. The first-order valence-electron chi connectivity index (χ1n) is 8.51. The highest BCUT2D eigenvalue weighted by molar-refractivity contribution is 6.54. The molecule has 3 aromatic carbocycles. The number of carbonyl (C=O) groups is 2. The fraction of sp³-hybridized carbons (Fsp3) is 0.0455. The average molecular weight is 356 g/mol. The van der Waals surface area contributed by atoms with E-state index in [4.69, 9.17) is 4.74 Å². The summed E-state index contributed by atoms with van der Waals surface area (Å²) in [5.74, 6) is 0.267. The van der Waals surface area contributed by atoms with Gasteiger partial charge in [0.05, 0.1) is 11.4 Å². The number of anilines is 1. The molecule has 5 nitrogen and oxygen atoms in total. The third-order valence-electron chi connectivity index (χ3n) is 4.19. The Morgan fingerprint density at radius 3 is 2.37 bits per heavy atom. The maximum Gasteiger partial charge on any atom is 0.275 e. The number of rotatable bonds is 5. The summed E-state index contributed by atoms with van der Waals surface area (Å²) in [4.78, 5) is 28.6. The number of benzene rings is 3. The number of ether oxygens (including phenoxy) is 1. The zero-order valence-corrected chi connectivity index (χ0v) is 14.4. The third-order valence-corrected chi connectivity index (χ3v) is 4.19. The van der Waals surface area contributed by atoms with Crippen LogP contribution in [0.1, 0.15) is 15.9 Å². The van der Waals surface area contributed by atoms with Gasteiger partial charge < -0.3 is 10.1 Å². The lowest BCUT2D eigenvalue weighted by Crippen LogP contribution is -2.13. The first-order valence-corrected chi connectivity index (χ1v) is 8.51. The Hall–Kier alpha value is -3.73. The van der Waals surface area contributed by atoms with Gasteiger partial charge in [0.15, 0.2) is 12.4 Å². The first kappa shape index (κ1) is 16.7. The van der Waals surface area contributed by atoms with Crippen LogP contribution in [0.4, 0.5) is 11.4 Å². The van der Waals surface area contributed by atoms with Crippen molar-refractivity contribution in [2.45, 2.75) is 0 Å². The smallest absolute Gasteiger partial charge is 0.275 e. The summed E-state index contributed by atoms with van der Waals surface area (Å²) in [6, 6.07) is 23.4. The molecule has 0 saturated heterocycles. The van der Waals surface area contributed by atoms with E-state index in [-0.39, 0.29) is 18.3 Å². The summed E-state index contributed by atoms with van der Waals surface area (Å²) in [5, 5.41) is 2.80. The van der Waals surface area contributed by atoms with Gasteiger partial charge in [-0.1, -0.05) is 48.5 Å². The van der Waals surface area contributed by atoms with Crippen LogP contribution in [0.15, 0.2) is 83.9 Å². The molecule has 5 heteroatoms. The molecule has 4 rings (SSSR count). The van der Waals surface area contributed by atoms with Gasteiger partial charge in [-0.3, -0.25) is 9.59 Å². The Bertz CT molecular complexity index is 1020. The Kier molecular flexibility index (Phi) is 4.49. The van der Waals surface area contributed by atoms with Gasteiger partial charge in [0.2, 0.25) is 0 Å². The molecule has 3 aromatic rings. The number of carbonyl (C=O) groups excluding carboxylic acids is 2. The van der Waals surface area contributed by atoms with Crippen molar-refractivity contribution in [1.29, 1.82) is 0 Å². The molecular weight excluding hydrogens is 340 g/mol. The molecule has 0 aliphatic carbocycles. The highest BCUT2D eigenvalue weighted by atomic mass is 16.5. The largest absolute Gasteiger partial charge is 0.485 e. The molecule has 0 saturated carbocycles. The van der Waals surface area contributed by atoms with Gasteiger partial charge in [0, 0.05) is 11.1 Å². The molecule has 1 amide bonds. The number of hydrogen-bond acceptors (Lipinski definition) is 4. The molecule has 27 heavy (non-hydrogen) atoms. The lowest BCUT2D eigenvalue weighted by molar-refractivity contribution is -0.110. The normalized spacial score (nSPS) is 13.9. The van der Waals surface area contributed by atoms with Gasteiger partial charge in [0.1, 0.15) is 11.5 Å². The summed E-state index contributed by atoms with van der Waals surface area (Å²) in [5.41, 5.74) is 3.19. The number of amides is 1. The summed E-state index contributed by atoms with van der Waals surface area (Å²) < 4.78 is 5.55. The zero-order chi connectivity index (χ0) is 18.6. The zero-order valence-electron chi connectivity index (χ0n) is 14.4. The number of ketones is 1. The average Bonchev–Trinajstić information content (AvgIpc) is 3.03. The van der Waals surface area contributed by atoms with E-state index in [0.717, 1.165) is 11.3 Å². The second kappa shape index (κ2) is 7.25. The molecule has 0 radical (unpaired) electrons. The van der Waals surface area contributed by atoms with E-state index in [9.17, 15) is 9.59 Å². The molecule has 0 spiro atoms. The van der Waals surface area contributed by atoms with E-state index in [2.05, 4.69) is 10.3 Å². The minimum atomic E-state index is -0.218. The van der Waals surface area contributed by atoms with Crippen LogP contribution in [0.2, 0.25) is 0 Å². The number of para-hydroxylation sites is 1. The predicted octanol–water partition coefficient (Wildman–Crippen LogP) is 4.02. The molecule has 132 valence electrons. The summed E-state index contributed by atoms with van der Waals surface area (Å²) in [6.07, 6.45) is 0. The van der Waals surface area contributed by atoms with Crippen molar-refractivity contribution in [2.24, 2.45) is 4.99 Å². The van der Waals surface area contributed by atoms with Crippen LogP contribution in [0.3, 0.4) is 0 Å². The number of aliphatic imine (C=N–C) groups is 1. The predicted molar refractivity (Wildman–Crippen MR) is 104 cm³/mol. The van der Waals surface area contributed by atoms with Gasteiger partial charge in [-0.25, -0.2) is 4.99 Å². The van der Waals surface area contributed by atoms with E-state index < -0.39 is 0 Å². The molecule has 1 heterocycles. The van der Waals surface area contributed by atoms with E-state index >= 15 is 0 Å². The molecule has 1 aliphatic rings. The molecule has 0 bridgehead atoms. The molecule has 0 unspecified atom stereocenters. The monoisotopic (exact) mass is 356 g/mol. The molecule has 0 atom stereocenters. The highest BCUT2D eigenvalue weighted by Gasteiger charge is 2.25. The summed E-state index contributed by atoms with van der Waals surface area (Å²) in [7, 11) is 0. The SMILES string of the molecule is O=C1Nc2ccccc2C1=Nc1ccc(OCC(=O)c2ccccc2)cc1. The van der Waals surface area contributed by atoms with Crippen LogP contribution < -0.4 is 10.1 Å². The molecular formula is C22H16N2O3. The number of nitrogens with one attached hydrogen (secondary N) is 1. The van der Waals surface area contributed by atoms with E-state index in [1.807, 2.05) is 42.5 Å². The van der Waals surface area contributed by atoms with Crippen LogP contribution >= 0.6 is 0 Å². The number of Topliss-reactive ketones (excluding diaryl/α,β-unsaturated/α-hetero) is 1.